The molecule has 0 radical (unpaired) electrons. The van der Waals surface area contributed by atoms with Crippen molar-refractivity contribution in [1.29, 1.82) is 0 Å². The Kier molecular flexibility index (Phi) is 5.22. The first-order chi connectivity index (χ1) is 7.63. The first-order valence-electron chi connectivity index (χ1n) is 6.30. The van der Waals surface area contributed by atoms with Crippen LogP contribution in [0.1, 0.15) is 40.0 Å². The lowest BCUT2D eigenvalue weighted by atomic mass is 10.1. The van der Waals surface area contributed by atoms with E-state index in [4.69, 9.17) is 10.5 Å². The topological polar surface area (TPSA) is 55.6 Å². The molecule has 1 amide bonds. The summed E-state index contributed by atoms with van der Waals surface area (Å²) >= 11 is 0. The zero-order valence-corrected chi connectivity index (χ0v) is 10.6. The molecule has 0 bridgehead atoms. The van der Waals surface area contributed by atoms with E-state index in [1.54, 1.807) is 0 Å². The van der Waals surface area contributed by atoms with Gasteiger partial charge in [0, 0.05) is 19.1 Å². The van der Waals surface area contributed by atoms with E-state index in [1.807, 2.05) is 11.8 Å². The van der Waals surface area contributed by atoms with E-state index in [1.165, 1.54) is 0 Å². The van der Waals surface area contributed by atoms with Crippen LogP contribution in [-0.2, 0) is 9.53 Å². The molecule has 4 heteroatoms. The van der Waals surface area contributed by atoms with Crippen molar-refractivity contribution in [3.63, 3.8) is 0 Å². The van der Waals surface area contributed by atoms with E-state index in [0.29, 0.717) is 6.54 Å². The molecule has 3 atom stereocenters. The molecular formula is C12H24N2O2. The molecule has 3 unspecified atom stereocenters. The van der Waals surface area contributed by atoms with Crippen molar-refractivity contribution in [1.82, 2.24) is 4.90 Å². The minimum absolute atomic E-state index is 0.0737. The monoisotopic (exact) mass is 228 g/mol. The molecule has 1 fully saturated rings. The number of carbonyl (C=O) groups is 1. The largest absolute Gasteiger partial charge is 0.364 e. The molecule has 0 aliphatic carbocycles. The number of hydrogen-bond donors (Lipinski definition) is 1. The second-order valence-electron chi connectivity index (χ2n) is 4.44. The lowest BCUT2D eigenvalue weighted by molar-refractivity contribution is -0.144. The first kappa shape index (κ1) is 13.5. The van der Waals surface area contributed by atoms with Gasteiger partial charge in [0.2, 0.25) is 0 Å². The van der Waals surface area contributed by atoms with Crippen molar-refractivity contribution in [3.8, 4) is 0 Å². The van der Waals surface area contributed by atoms with E-state index < -0.39 is 0 Å². The third-order valence-corrected chi connectivity index (χ3v) is 3.39. The quantitative estimate of drug-likeness (QED) is 0.767. The number of rotatable bonds is 5. The maximum Gasteiger partial charge on any atom is 0.251 e. The van der Waals surface area contributed by atoms with Crippen molar-refractivity contribution in [3.05, 3.63) is 0 Å². The molecular weight excluding hydrogens is 204 g/mol. The second-order valence-corrected chi connectivity index (χ2v) is 4.44. The van der Waals surface area contributed by atoms with Gasteiger partial charge in [-0.25, -0.2) is 0 Å². The third-order valence-electron chi connectivity index (χ3n) is 3.39. The minimum Gasteiger partial charge on any atom is -0.364 e. The van der Waals surface area contributed by atoms with Crippen LogP contribution in [0.2, 0.25) is 0 Å². The van der Waals surface area contributed by atoms with Crippen molar-refractivity contribution in [2.75, 3.05) is 13.1 Å². The van der Waals surface area contributed by atoms with E-state index in [9.17, 15) is 4.79 Å². The Morgan fingerprint density at radius 3 is 2.62 bits per heavy atom. The smallest absolute Gasteiger partial charge is 0.251 e. The molecule has 1 saturated heterocycles. The standard InChI is InChI=1S/C12H24N2O2/c1-4-9(3)14(5-2)12(15)11-7-6-10(8-13)16-11/h9-11H,4-8,13H2,1-3H3. The third kappa shape index (κ3) is 2.95. The summed E-state index contributed by atoms with van der Waals surface area (Å²) in [6.07, 6.45) is 2.51. The number of carbonyl (C=O) groups excluding carboxylic acids is 1. The number of amides is 1. The molecule has 16 heavy (non-hydrogen) atoms. The molecule has 0 aromatic heterocycles. The van der Waals surface area contributed by atoms with Gasteiger partial charge in [-0.15, -0.1) is 0 Å². The summed E-state index contributed by atoms with van der Waals surface area (Å²) in [5, 5.41) is 0. The van der Waals surface area contributed by atoms with Crippen LogP contribution in [0.3, 0.4) is 0 Å². The van der Waals surface area contributed by atoms with Gasteiger partial charge in [-0.3, -0.25) is 4.79 Å². The summed E-state index contributed by atoms with van der Waals surface area (Å²) in [5.41, 5.74) is 5.54. The zero-order valence-electron chi connectivity index (χ0n) is 10.6. The van der Waals surface area contributed by atoms with Crippen LogP contribution >= 0.6 is 0 Å². The molecule has 0 aromatic carbocycles. The van der Waals surface area contributed by atoms with Gasteiger partial charge in [0.15, 0.2) is 0 Å². The van der Waals surface area contributed by atoms with Crippen LogP contribution in [0.5, 0.6) is 0 Å². The van der Waals surface area contributed by atoms with E-state index in [-0.39, 0.29) is 24.2 Å². The van der Waals surface area contributed by atoms with Crippen molar-refractivity contribution in [2.24, 2.45) is 5.73 Å². The summed E-state index contributed by atoms with van der Waals surface area (Å²) in [7, 11) is 0. The van der Waals surface area contributed by atoms with Crippen molar-refractivity contribution < 1.29 is 9.53 Å². The molecule has 0 saturated carbocycles. The number of likely N-dealkylation sites (N-methyl/N-ethyl adjacent to an activating group) is 1. The number of ether oxygens (including phenoxy) is 1. The van der Waals surface area contributed by atoms with Gasteiger partial charge in [0.25, 0.3) is 5.91 Å². The van der Waals surface area contributed by atoms with Crippen LogP contribution in [0.4, 0.5) is 0 Å². The van der Waals surface area contributed by atoms with Gasteiger partial charge in [-0.2, -0.15) is 0 Å². The molecule has 2 N–H and O–H groups in total. The van der Waals surface area contributed by atoms with E-state index >= 15 is 0 Å². The van der Waals surface area contributed by atoms with Gasteiger partial charge in [0.05, 0.1) is 6.10 Å². The molecule has 1 aliphatic rings. The highest BCUT2D eigenvalue weighted by molar-refractivity contribution is 5.81. The summed E-state index contributed by atoms with van der Waals surface area (Å²) < 4.78 is 5.63. The van der Waals surface area contributed by atoms with E-state index in [0.717, 1.165) is 25.8 Å². The summed E-state index contributed by atoms with van der Waals surface area (Å²) in [6.45, 7) is 7.45. The van der Waals surface area contributed by atoms with Gasteiger partial charge in [0.1, 0.15) is 6.10 Å². The molecule has 0 aromatic rings. The van der Waals surface area contributed by atoms with Gasteiger partial charge in [-0.05, 0) is 33.1 Å². The zero-order chi connectivity index (χ0) is 12.1. The Morgan fingerprint density at radius 2 is 2.19 bits per heavy atom. The Hall–Kier alpha value is -0.610. The van der Waals surface area contributed by atoms with Crippen LogP contribution in [0.15, 0.2) is 0 Å². The number of hydrogen-bond acceptors (Lipinski definition) is 3. The summed E-state index contributed by atoms with van der Waals surface area (Å²) in [5.74, 6) is 0.132. The Balaban J connectivity index is 2.55. The van der Waals surface area contributed by atoms with Gasteiger partial charge in [-0.1, -0.05) is 6.92 Å². The van der Waals surface area contributed by atoms with Crippen molar-refractivity contribution >= 4 is 5.91 Å². The fourth-order valence-electron chi connectivity index (χ4n) is 2.15. The predicted molar refractivity (Wildman–Crippen MR) is 64.1 cm³/mol. The van der Waals surface area contributed by atoms with Crippen LogP contribution < -0.4 is 5.73 Å². The second kappa shape index (κ2) is 6.21. The highest BCUT2D eigenvalue weighted by atomic mass is 16.5. The van der Waals surface area contributed by atoms with Crippen LogP contribution in [0.25, 0.3) is 0 Å². The Bertz CT molecular complexity index is 233. The fourth-order valence-corrected chi connectivity index (χ4v) is 2.15. The van der Waals surface area contributed by atoms with Gasteiger partial charge < -0.3 is 15.4 Å². The minimum atomic E-state index is -0.262. The predicted octanol–water partition coefficient (Wildman–Crippen LogP) is 1.14. The van der Waals surface area contributed by atoms with Crippen LogP contribution in [-0.4, -0.2) is 42.1 Å². The summed E-state index contributed by atoms with van der Waals surface area (Å²) in [6, 6.07) is 0.290. The first-order valence-corrected chi connectivity index (χ1v) is 6.30. The molecule has 1 heterocycles. The molecule has 0 spiro atoms. The average molecular weight is 228 g/mol. The maximum atomic E-state index is 12.2. The normalized spacial score (nSPS) is 26.8. The fraction of sp³-hybridized carbons (Fsp3) is 0.917. The van der Waals surface area contributed by atoms with Gasteiger partial charge >= 0.3 is 0 Å². The highest BCUT2D eigenvalue weighted by Crippen LogP contribution is 2.21. The Morgan fingerprint density at radius 1 is 1.50 bits per heavy atom. The molecule has 94 valence electrons. The molecule has 1 aliphatic heterocycles. The lowest BCUT2D eigenvalue weighted by Gasteiger charge is -2.29. The van der Waals surface area contributed by atoms with Crippen molar-refractivity contribution in [2.45, 2.75) is 58.3 Å². The average Bonchev–Trinajstić information content (AvgIpc) is 2.78. The van der Waals surface area contributed by atoms with E-state index in [2.05, 4.69) is 13.8 Å². The van der Waals surface area contributed by atoms with Crippen LogP contribution in [0, 0.1) is 0 Å². The highest BCUT2D eigenvalue weighted by Gasteiger charge is 2.33. The maximum absolute atomic E-state index is 12.2. The Labute approximate surface area is 98.1 Å². The summed E-state index contributed by atoms with van der Waals surface area (Å²) in [4.78, 5) is 14.1. The molecule has 1 rings (SSSR count). The number of nitrogens with zero attached hydrogens (tertiary/aromatic N) is 1. The number of nitrogens with two attached hydrogens (primary N) is 1. The lowest BCUT2D eigenvalue weighted by Crippen LogP contribution is -2.44. The molecule has 4 nitrogen and oxygen atoms in total. The SMILES string of the molecule is CCC(C)N(CC)C(=O)C1CCC(CN)O1.